The van der Waals surface area contributed by atoms with Gasteiger partial charge in [0.25, 0.3) is 0 Å². The van der Waals surface area contributed by atoms with Crippen molar-refractivity contribution in [3.05, 3.63) is 24.3 Å². The molecule has 17 heavy (non-hydrogen) atoms. The van der Waals surface area contributed by atoms with Gasteiger partial charge in [0.15, 0.2) is 0 Å². The topological polar surface area (TPSA) is 27.7 Å². The molecule has 0 heterocycles. The fourth-order valence-electron chi connectivity index (χ4n) is 1.56. The predicted molar refractivity (Wildman–Crippen MR) is 72.1 cm³/mol. The molecule has 1 aromatic carbocycles. The van der Waals surface area contributed by atoms with Crippen molar-refractivity contribution in [2.45, 2.75) is 20.8 Å². The Morgan fingerprint density at radius 1 is 1.00 bits per heavy atom. The maximum atomic E-state index is 6.52. The molecule has 0 atom stereocenters. The minimum Gasteiger partial charge on any atom is -0.494 e. The molecule has 96 valence electrons. The number of para-hydroxylation sites is 1. The fourth-order valence-corrected chi connectivity index (χ4v) is 4.57. The van der Waals surface area contributed by atoms with Crippen LogP contribution in [0.3, 0.4) is 0 Å². The van der Waals surface area contributed by atoms with E-state index < -0.39 is 7.87 Å². The van der Waals surface area contributed by atoms with Gasteiger partial charge in [0.05, 0.1) is 11.8 Å². The highest BCUT2D eigenvalue weighted by Crippen LogP contribution is 2.20. The molecule has 0 bridgehead atoms. The second-order valence-corrected chi connectivity index (χ2v) is 7.01. The van der Waals surface area contributed by atoms with Crippen molar-refractivity contribution in [1.29, 1.82) is 0 Å². The van der Waals surface area contributed by atoms with Crippen molar-refractivity contribution < 1.29 is 13.6 Å². The molecule has 5 heteroatoms. The Labute approximate surface area is 109 Å². The molecule has 0 amide bonds. The van der Waals surface area contributed by atoms with E-state index in [4.69, 9.17) is 24.7 Å². The van der Waals surface area contributed by atoms with E-state index in [0.717, 1.165) is 10.9 Å². The van der Waals surface area contributed by atoms with Crippen LogP contribution < -0.4 is 9.92 Å². The third-order valence-corrected chi connectivity index (χ3v) is 5.81. The average molecular weight is 275 g/mol. The highest BCUT2D eigenvalue weighted by molar-refractivity contribution is 7.20. The van der Waals surface area contributed by atoms with E-state index in [1.165, 1.54) is 0 Å². The van der Waals surface area contributed by atoms with Gasteiger partial charge < -0.3 is 13.6 Å². The first-order valence-corrected chi connectivity index (χ1v) is 8.69. The smallest absolute Gasteiger partial charge is 0.482 e. The first-order valence-electron chi connectivity index (χ1n) is 5.87. The molecule has 0 aromatic heterocycles. The Balaban J connectivity index is 3.08. The Morgan fingerprint density at radius 2 is 1.59 bits per heavy atom. The summed E-state index contributed by atoms with van der Waals surface area (Å²) in [6.45, 7) is 7.40. The predicted octanol–water partition coefficient (Wildman–Crippen LogP) is 2.54. The monoisotopic (exact) mass is 274 g/mol. The summed E-state index contributed by atoms with van der Waals surface area (Å²) < 4.78 is 16.9. The van der Waals surface area contributed by atoms with Crippen molar-refractivity contribution in [3.8, 4) is 5.75 Å². The minimum absolute atomic E-state index is 0.524. The van der Waals surface area contributed by atoms with Gasteiger partial charge in [-0.2, -0.15) is 0 Å². The minimum atomic E-state index is -2.86. The van der Waals surface area contributed by atoms with Gasteiger partial charge in [0.1, 0.15) is 5.75 Å². The maximum absolute atomic E-state index is 6.52. The van der Waals surface area contributed by atoms with Gasteiger partial charge in [-0.05, 0) is 26.8 Å². The van der Waals surface area contributed by atoms with Crippen LogP contribution in [0.5, 0.6) is 5.75 Å². The lowest BCUT2D eigenvalue weighted by Gasteiger charge is -2.24. The van der Waals surface area contributed by atoms with Crippen LogP contribution in [-0.2, 0) is 8.85 Å². The first kappa shape index (κ1) is 14.5. The highest BCUT2D eigenvalue weighted by Gasteiger charge is 2.40. The van der Waals surface area contributed by atoms with Crippen LogP contribution in [0.4, 0.5) is 0 Å². The van der Waals surface area contributed by atoms with Crippen LogP contribution in [-0.4, -0.2) is 27.7 Å². The van der Waals surface area contributed by atoms with E-state index in [2.05, 4.69) is 0 Å². The van der Waals surface area contributed by atoms with Crippen LogP contribution in [0, 0.1) is 0 Å². The zero-order valence-electron chi connectivity index (χ0n) is 10.5. The van der Waals surface area contributed by atoms with E-state index in [1.807, 2.05) is 45.0 Å². The molecule has 0 saturated carbocycles. The molecule has 1 aromatic rings. The van der Waals surface area contributed by atoms with Crippen molar-refractivity contribution in [2.75, 3.05) is 19.8 Å². The van der Waals surface area contributed by atoms with Crippen molar-refractivity contribution in [3.63, 3.8) is 0 Å². The Hall–Kier alpha value is -0.553. The lowest BCUT2D eigenvalue weighted by atomic mass is 10.3. The van der Waals surface area contributed by atoms with E-state index >= 15 is 0 Å². The highest BCUT2D eigenvalue weighted by atomic mass is 35.6. The van der Waals surface area contributed by atoms with Crippen LogP contribution in [0.1, 0.15) is 20.8 Å². The lowest BCUT2D eigenvalue weighted by molar-refractivity contribution is 0.214. The molecular weight excluding hydrogens is 256 g/mol. The zero-order valence-corrected chi connectivity index (χ0v) is 12.3. The summed E-state index contributed by atoms with van der Waals surface area (Å²) in [5, 5.41) is 0.840. The molecule has 0 aliphatic heterocycles. The molecule has 0 fully saturated rings. The molecule has 0 radical (unpaired) electrons. The molecular formula is C12H19ClO3Si. The van der Waals surface area contributed by atoms with Crippen molar-refractivity contribution in [2.24, 2.45) is 0 Å². The van der Waals surface area contributed by atoms with Gasteiger partial charge in [-0.25, -0.2) is 0 Å². The average Bonchev–Trinajstić information content (AvgIpc) is 2.31. The molecule has 0 N–H and O–H groups in total. The second kappa shape index (κ2) is 7.01. The first-order chi connectivity index (χ1) is 8.18. The van der Waals surface area contributed by atoms with Crippen LogP contribution in [0.25, 0.3) is 0 Å². The number of rotatable bonds is 7. The summed E-state index contributed by atoms with van der Waals surface area (Å²) in [4.78, 5) is 0. The van der Waals surface area contributed by atoms with Crippen molar-refractivity contribution >= 4 is 24.1 Å². The quantitative estimate of drug-likeness (QED) is 0.565. The van der Waals surface area contributed by atoms with Gasteiger partial charge in [-0.1, -0.05) is 29.3 Å². The number of halogens is 1. The molecule has 0 aliphatic carbocycles. The van der Waals surface area contributed by atoms with Gasteiger partial charge >= 0.3 is 7.87 Å². The van der Waals surface area contributed by atoms with E-state index in [0.29, 0.717) is 19.8 Å². The van der Waals surface area contributed by atoms with Gasteiger partial charge in [0, 0.05) is 13.2 Å². The summed E-state index contributed by atoms with van der Waals surface area (Å²) in [5.41, 5.74) is 0. The Bertz CT molecular complexity index is 340. The van der Waals surface area contributed by atoms with Crippen LogP contribution in [0.2, 0.25) is 0 Å². The van der Waals surface area contributed by atoms with E-state index in [9.17, 15) is 0 Å². The van der Waals surface area contributed by atoms with Gasteiger partial charge in [-0.3, -0.25) is 0 Å². The maximum Gasteiger partial charge on any atom is 0.482 e. The number of hydrogen-bond donors (Lipinski definition) is 0. The molecule has 0 unspecified atom stereocenters. The standard InChI is InChI=1S/C12H19ClO3Si/c1-4-14-11-9-7-8-10-12(11)17(13,15-5-2)16-6-3/h7-10H,4-6H2,1-3H3. The lowest BCUT2D eigenvalue weighted by Crippen LogP contribution is -2.49. The fraction of sp³-hybridized carbons (Fsp3) is 0.500. The molecule has 0 saturated heterocycles. The molecule has 3 nitrogen and oxygen atoms in total. The van der Waals surface area contributed by atoms with Gasteiger partial charge in [0.2, 0.25) is 0 Å². The van der Waals surface area contributed by atoms with Crippen LogP contribution in [0.15, 0.2) is 24.3 Å². The number of benzene rings is 1. The number of ether oxygens (including phenoxy) is 1. The van der Waals surface area contributed by atoms with Gasteiger partial charge in [-0.15, -0.1) is 0 Å². The summed E-state index contributed by atoms with van der Waals surface area (Å²) in [6, 6.07) is 7.63. The Kier molecular flexibility index (Phi) is 5.98. The summed E-state index contributed by atoms with van der Waals surface area (Å²) in [6.07, 6.45) is 0. The number of hydrogen-bond acceptors (Lipinski definition) is 3. The molecule has 0 spiro atoms. The van der Waals surface area contributed by atoms with Crippen LogP contribution >= 0.6 is 11.1 Å². The Morgan fingerprint density at radius 3 is 2.12 bits per heavy atom. The SMILES string of the molecule is CCOc1ccccc1[Si](Cl)(OCC)OCC. The largest absolute Gasteiger partial charge is 0.494 e. The van der Waals surface area contributed by atoms with E-state index in [1.54, 1.807) is 0 Å². The third-order valence-electron chi connectivity index (χ3n) is 2.17. The normalized spacial score (nSPS) is 11.5. The second-order valence-electron chi connectivity index (χ2n) is 3.33. The molecule has 0 aliphatic rings. The summed E-state index contributed by atoms with van der Waals surface area (Å²) >= 11 is 6.52. The summed E-state index contributed by atoms with van der Waals surface area (Å²) in [7, 11) is -2.86. The van der Waals surface area contributed by atoms with E-state index in [-0.39, 0.29) is 0 Å². The summed E-state index contributed by atoms with van der Waals surface area (Å²) in [5.74, 6) is 0.749. The molecule has 1 rings (SSSR count). The van der Waals surface area contributed by atoms with Crippen molar-refractivity contribution in [1.82, 2.24) is 0 Å². The third kappa shape index (κ3) is 3.71. The zero-order chi connectivity index (χ0) is 12.7.